The number of benzene rings is 4. The van der Waals surface area contributed by atoms with Gasteiger partial charge in [0.15, 0.2) is 11.9 Å². The van der Waals surface area contributed by atoms with Crippen molar-refractivity contribution >= 4 is 29.0 Å². The van der Waals surface area contributed by atoms with Crippen molar-refractivity contribution < 1.29 is 24.2 Å². The molecule has 298 valence electrons. The average Bonchev–Trinajstić information content (AvgIpc) is 3.18. The number of nitrogens with one attached hydrogen (secondary N) is 3. The highest BCUT2D eigenvalue weighted by atomic mass is 16.5. The molecule has 3 amide bonds. The first-order valence-corrected chi connectivity index (χ1v) is 19.8. The van der Waals surface area contributed by atoms with Gasteiger partial charge < -0.3 is 30.5 Å². The fourth-order valence-corrected chi connectivity index (χ4v) is 6.05. The number of carbonyl (C=O) groups excluding carboxylic acids is 2. The molecule has 0 saturated heterocycles. The molecule has 0 aromatic heterocycles. The Labute approximate surface area is 333 Å². The maximum atomic E-state index is 14.3. The van der Waals surface area contributed by atoms with Gasteiger partial charge in [-0.25, -0.2) is 4.79 Å². The standard InChI is InChI=1S/C47H60N4O5/c1-11-15-16-41(56-40-26-21-33(46(7,8)13-3)27-36(40)47(9,10)14-4)43(53)50-38-28-39(52)37(51-44(54)49-34-22-17-31(30-48)18-23-34)29-42(38)55-35-24-19-32(20-25-35)45(5,6)12-2/h17-29,41,52H,11-16H2,1-10H3,(H,50,53)(H2,49,51,54). The minimum atomic E-state index is -0.840. The molecule has 1 atom stereocenters. The van der Waals surface area contributed by atoms with Gasteiger partial charge in [0.05, 0.1) is 23.0 Å². The second-order valence-corrected chi connectivity index (χ2v) is 16.4. The summed E-state index contributed by atoms with van der Waals surface area (Å²) in [6, 6.07) is 24.8. The zero-order valence-electron chi connectivity index (χ0n) is 34.9. The first-order chi connectivity index (χ1) is 26.5. The van der Waals surface area contributed by atoms with E-state index in [9.17, 15) is 14.7 Å². The average molecular weight is 761 g/mol. The van der Waals surface area contributed by atoms with E-state index in [1.165, 1.54) is 17.7 Å². The first kappa shape index (κ1) is 43.2. The number of hydrogen-bond acceptors (Lipinski definition) is 6. The number of urea groups is 1. The number of aromatic hydroxyl groups is 1. The summed E-state index contributed by atoms with van der Waals surface area (Å²) >= 11 is 0. The lowest BCUT2D eigenvalue weighted by Crippen LogP contribution is -2.34. The van der Waals surface area contributed by atoms with Gasteiger partial charge in [-0.3, -0.25) is 4.79 Å². The molecule has 4 aromatic rings. The van der Waals surface area contributed by atoms with Crippen LogP contribution in [0, 0.1) is 11.3 Å². The van der Waals surface area contributed by atoms with Crippen LogP contribution in [-0.2, 0) is 21.0 Å². The van der Waals surface area contributed by atoms with Crippen LogP contribution in [0.15, 0.2) is 78.9 Å². The van der Waals surface area contributed by atoms with E-state index in [2.05, 4.69) is 97.3 Å². The van der Waals surface area contributed by atoms with E-state index in [0.29, 0.717) is 29.2 Å². The Morgan fingerprint density at radius 2 is 1.32 bits per heavy atom. The number of carbonyl (C=O) groups is 2. The van der Waals surface area contributed by atoms with Gasteiger partial charge >= 0.3 is 6.03 Å². The normalized spacial score (nSPS) is 12.3. The summed E-state index contributed by atoms with van der Waals surface area (Å²) in [5.41, 5.74) is 4.38. The number of unbranched alkanes of at least 4 members (excludes halogenated alkanes) is 1. The van der Waals surface area contributed by atoms with E-state index in [1.807, 2.05) is 36.4 Å². The van der Waals surface area contributed by atoms with Crippen molar-refractivity contribution in [3.05, 3.63) is 101 Å². The van der Waals surface area contributed by atoms with Gasteiger partial charge in [-0.1, -0.05) is 99.9 Å². The predicted molar refractivity (Wildman–Crippen MR) is 227 cm³/mol. The third-order valence-corrected chi connectivity index (χ3v) is 11.3. The largest absolute Gasteiger partial charge is 0.506 e. The topological polar surface area (TPSA) is 133 Å². The van der Waals surface area contributed by atoms with Crippen LogP contribution in [0.4, 0.5) is 21.9 Å². The molecule has 0 fully saturated rings. The number of phenols is 1. The van der Waals surface area contributed by atoms with Gasteiger partial charge in [0.1, 0.15) is 17.2 Å². The van der Waals surface area contributed by atoms with Crippen LogP contribution in [-0.4, -0.2) is 23.1 Å². The van der Waals surface area contributed by atoms with Crippen molar-refractivity contribution in [2.24, 2.45) is 0 Å². The summed E-state index contributed by atoms with van der Waals surface area (Å²) in [4.78, 5) is 27.3. The second-order valence-electron chi connectivity index (χ2n) is 16.4. The molecule has 1 unspecified atom stereocenters. The van der Waals surface area contributed by atoms with Crippen molar-refractivity contribution in [1.29, 1.82) is 5.26 Å². The van der Waals surface area contributed by atoms with Crippen LogP contribution in [0.2, 0.25) is 0 Å². The highest BCUT2D eigenvalue weighted by Crippen LogP contribution is 2.41. The third kappa shape index (κ3) is 10.8. The SMILES string of the molecule is CCCCC(Oc1ccc(C(C)(C)CC)cc1C(C)(C)CC)C(=O)Nc1cc(O)c(NC(=O)Nc2ccc(C#N)cc2)cc1Oc1ccc(C(C)(C)CC)cc1. The molecule has 56 heavy (non-hydrogen) atoms. The number of anilines is 3. The molecular formula is C47H60N4O5. The van der Waals surface area contributed by atoms with Crippen molar-refractivity contribution in [1.82, 2.24) is 0 Å². The van der Waals surface area contributed by atoms with E-state index in [-0.39, 0.29) is 45.0 Å². The molecule has 0 aliphatic heterocycles. The third-order valence-electron chi connectivity index (χ3n) is 11.3. The zero-order chi connectivity index (χ0) is 41.3. The van der Waals surface area contributed by atoms with Crippen LogP contribution >= 0.6 is 0 Å². The minimum absolute atomic E-state index is 0.0215. The summed E-state index contributed by atoms with van der Waals surface area (Å²) in [7, 11) is 0. The lowest BCUT2D eigenvalue weighted by atomic mass is 9.76. The minimum Gasteiger partial charge on any atom is -0.506 e. The maximum absolute atomic E-state index is 14.3. The fraction of sp³-hybridized carbons (Fsp3) is 0.426. The first-order valence-electron chi connectivity index (χ1n) is 19.8. The van der Waals surface area contributed by atoms with Crippen LogP contribution < -0.4 is 25.4 Å². The number of nitrogens with zero attached hydrogens (tertiary/aromatic N) is 1. The highest BCUT2D eigenvalue weighted by molar-refractivity contribution is 6.02. The Hall–Kier alpha value is -5.49. The molecular weight excluding hydrogens is 701 g/mol. The van der Waals surface area contributed by atoms with Crippen LogP contribution in [0.25, 0.3) is 0 Å². The molecule has 9 heteroatoms. The summed E-state index contributed by atoms with van der Waals surface area (Å²) in [6.07, 6.45) is 4.09. The van der Waals surface area contributed by atoms with Crippen molar-refractivity contribution in [2.75, 3.05) is 16.0 Å². The molecule has 9 nitrogen and oxygen atoms in total. The molecule has 0 bridgehead atoms. The van der Waals surface area contributed by atoms with Crippen LogP contribution in [0.5, 0.6) is 23.0 Å². The van der Waals surface area contributed by atoms with E-state index >= 15 is 0 Å². The summed E-state index contributed by atoms with van der Waals surface area (Å²) in [5.74, 6) is 0.719. The lowest BCUT2D eigenvalue weighted by Gasteiger charge is -2.31. The van der Waals surface area contributed by atoms with E-state index in [0.717, 1.165) is 43.2 Å². The lowest BCUT2D eigenvalue weighted by molar-refractivity contribution is -0.123. The van der Waals surface area contributed by atoms with Gasteiger partial charge in [0.25, 0.3) is 5.91 Å². The smallest absolute Gasteiger partial charge is 0.323 e. The number of nitriles is 1. The molecule has 0 spiro atoms. The number of rotatable bonds is 17. The molecule has 4 aromatic carbocycles. The molecule has 4 rings (SSSR count). The van der Waals surface area contributed by atoms with Crippen LogP contribution in [0.1, 0.15) is 130 Å². The van der Waals surface area contributed by atoms with Gasteiger partial charge in [0.2, 0.25) is 0 Å². The van der Waals surface area contributed by atoms with Gasteiger partial charge in [0, 0.05) is 23.4 Å². The molecule has 4 N–H and O–H groups in total. The quantitative estimate of drug-likeness (QED) is 0.0792. The van der Waals surface area contributed by atoms with Gasteiger partial charge in [-0.05, 0) is 102 Å². The molecule has 0 saturated carbocycles. The summed E-state index contributed by atoms with van der Waals surface area (Å²) in [6.45, 7) is 21.8. The van der Waals surface area contributed by atoms with E-state index in [1.54, 1.807) is 24.3 Å². The Balaban J connectivity index is 1.70. The zero-order valence-corrected chi connectivity index (χ0v) is 34.9. The van der Waals surface area contributed by atoms with E-state index in [4.69, 9.17) is 14.7 Å². The number of hydrogen-bond donors (Lipinski definition) is 4. The molecule has 0 heterocycles. The highest BCUT2D eigenvalue weighted by Gasteiger charge is 2.30. The molecule has 0 aliphatic rings. The summed E-state index contributed by atoms with van der Waals surface area (Å²) in [5, 5.41) is 28.7. The maximum Gasteiger partial charge on any atom is 0.323 e. The van der Waals surface area contributed by atoms with Crippen molar-refractivity contribution in [2.45, 2.75) is 130 Å². The Morgan fingerprint density at radius 1 is 0.714 bits per heavy atom. The Bertz CT molecular complexity index is 2010. The number of phenolic OH excluding ortho intramolecular Hbond substituents is 1. The Morgan fingerprint density at radius 3 is 1.91 bits per heavy atom. The molecule has 0 radical (unpaired) electrons. The Kier molecular flexibility index (Phi) is 14.2. The number of amides is 3. The van der Waals surface area contributed by atoms with E-state index < -0.39 is 12.1 Å². The van der Waals surface area contributed by atoms with Crippen molar-refractivity contribution in [3.63, 3.8) is 0 Å². The van der Waals surface area contributed by atoms with Gasteiger partial charge in [-0.2, -0.15) is 5.26 Å². The predicted octanol–water partition coefficient (Wildman–Crippen LogP) is 12.3. The molecule has 0 aliphatic carbocycles. The van der Waals surface area contributed by atoms with Crippen molar-refractivity contribution in [3.8, 4) is 29.1 Å². The van der Waals surface area contributed by atoms with Crippen LogP contribution in [0.3, 0.4) is 0 Å². The second kappa shape index (κ2) is 18.4. The number of ether oxygens (including phenoxy) is 2. The van der Waals surface area contributed by atoms with Gasteiger partial charge in [-0.15, -0.1) is 0 Å². The fourth-order valence-electron chi connectivity index (χ4n) is 6.05. The monoisotopic (exact) mass is 760 g/mol. The summed E-state index contributed by atoms with van der Waals surface area (Å²) < 4.78 is 13.0.